The van der Waals surface area contributed by atoms with E-state index in [0.29, 0.717) is 0 Å². The predicted molar refractivity (Wildman–Crippen MR) is 95.6 cm³/mol. The Labute approximate surface area is 138 Å². The lowest BCUT2D eigenvalue weighted by molar-refractivity contribution is 0.425. The third kappa shape index (κ3) is 3.79. The highest BCUT2D eigenvalue weighted by molar-refractivity contribution is 5.67. The van der Waals surface area contributed by atoms with Crippen LogP contribution < -0.4 is 10.2 Å². The molecule has 0 amide bonds. The molecule has 2 aromatic rings. The van der Waals surface area contributed by atoms with Gasteiger partial charge in [-0.05, 0) is 45.5 Å². The summed E-state index contributed by atoms with van der Waals surface area (Å²) in [7, 11) is 4.14. The molecule has 23 heavy (non-hydrogen) atoms. The molecule has 0 radical (unpaired) electrons. The third-order valence-electron chi connectivity index (χ3n) is 4.08. The second-order valence-electron chi connectivity index (χ2n) is 6.27. The number of nitrogens with one attached hydrogen (secondary N) is 1. The Balaban J connectivity index is 1.84. The Bertz CT molecular complexity index is 668. The topological polar surface area (TPSA) is 44.3 Å². The maximum absolute atomic E-state index is 4.66. The number of benzene rings is 1. The van der Waals surface area contributed by atoms with Crippen LogP contribution in [0.3, 0.4) is 0 Å². The minimum atomic E-state index is 0.804. The summed E-state index contributed by atoms with van der Waals surface area (Å²) in [5.74, 6) is 2.69. The Morgan fingerprint density at radius 2 is 2.04 bits per heavy atom. The summed E-state index contributed by atoms with van der Waals surface area (Å²) in [4.78, 5) is 13.6. The van der Waals surface area contributed by atoms with Gasteiger partial charge in [-0.25, -0.2) is 9.97 Å². The van der Waals surface area contributed by atoms with Crippen molar-refractivity contribution in [2.24, 2.45) is 0 Å². The van der Waals surface area contributed by atoms with Crippen molar-refractivity contribution in [3.05, 3.63) is 41.7 Å². The molecule has 122 valence electrons. The zero-order valence-corrected chi connectivity index (χ0v) is 14.2. The quantitative estimate of drug-likeness (QED) is 0.920. The first kappa shape index (κ1) is 15.7. The lowest BCUT2D eigenvalue weighted by atomic mass is 10.0. The highest BCUT2D eigenvalue weighted by atomic mass is 15.2. The van der Waals surface area contributed by atoms with Crippen LogP contribution in [0.25, 0.3) is 0 Å². The molecule has 1 aliphatic heterocycles. The van der Waals surface area contributed by atoms with Gasteiger partial charge in [0.25, 0.3) is 0 Å². The summed E-state index contributed by atoms with van der Waals surface area (Å²) in [5.41, 5.74) is 2.67. The van der Waals surface area contributed by atoms with Crippen LogP contribution in [-0.2, 0) is 6.42 Å². The van der Waals surface area contributed by atoms with E-state index < -0.39 is 0 Å². The van der Waals surface area contributed by atoms with Gasteiger partial charge in [0.05, 0.1) is 0 Å². The molecule has 3 rings (SSSR count). The van der Waals surface area contributed by atoms with Gasteiger partial charge in [0, 0.05) is 31.4 Å². The third-order valence-corrected chi connectivity index (χ3v) is 4.08. The van der Waals surface area contributed by atoms with E-state index in [9.17, 15) is 0 Å². The Morgan fingerprint density at radius 1 is 1.22 bits per heavy atom. The first-order valence-corrected chi connectivity index (χ1v) is 8.23. The van der Waals surface area contributed by atoms with Gasteiger partial charge in [-0.1, -0.05) is 18.2 Å². The van der Waals surface area contributed by atoms with Gasteiger partial charge in [0.1, 0.15) is 17.5 Å². The second-order valence-corrected chi connectivity index (χ2v) is 6.27. The predicted octanol–water partition coefficient (Wildman–Crippen LogP) is 2.84. The monoisotopic (exact) mass is 311 g/mol. The van der Waals surface area contributed by atoms with Crippen LogP contribution >= 0.6 is 0 Å². The number of para-hydroxylation sites is 1. The van der Waals surface area contributed by atoms with E-state index >= 15 is 0 Å². The van der Waals surface area contributed by atoms with Gasteiger partial charge in [-0.15, -0.1) is 0 Å². The van der Waals surface area contributed by atoms with Crippen molar-refractivity contribution in [1.29, 1.82) is 0 Å². The van der Waals surface area contributed by atoms with Crippen molar-refractivity contribution in [3.8, 4) is 0 Å². The molecule has 5 heteroatoms. The summed E-state index contributed by atoms with van der Waals surface area (Å²) in [6, 6.07) is 10.7. The summed E-state index contributed by atoms with van der Waals surface area (Å²) < 4.78 is 0. The van der Waals surface area contributed by atoms with Gasteiger partial charge in [-0.2, -0.15) is 0 Å². The summed E-state index contributed by atoms with van der Waals surface area (Å²) >= 11 is 0. The van der Waals surface area contributed by atoms with E-state index in [2.05, 4.69) is 69.5 Å². The SMILES string of the molecule is Cc1nc(NCCN(C)C)cc(N2CCCc3ccccc32)n1. The van der Waals surface area contributed by atoms with Gasteiger partial charge >= 0.3 is 0 Å². The van der Waals surface area contributed by atoms with E-state index in [1.54, 1.807) is 0 Å². The van der Waals surface area contributed by atoms with Crippen molar-refractivity contribution in [3.63, 3.8) is 0 Å². The molecule has 1 aromatic carbocycles. The van der Waals surface area contributed by atoms with E-state index in [1.165, 1.54) is 11.3 Å². The van der Waals surface area contributed by atoms with Crippen molar-refractivity contribution >= 4 is 17.3 Å². The number of anilines is 3. The number of hydrogen-bond acceptors (Lipinski definition) is 5. The molecule has 0 atom stereocenters. The van der Waals surface area contributed by atoms with Crippen LogP contribution in [0, 0.1) is 6.92 Å². The Hall–Kier alpha value is -2.14. The van der Waals surface area contributed by atoms with Gasteiger partial charge in [0.15, 0.2) is 0 Å². The summed E-state index contributed by atoms with van der Waals surface area (Å²) in [5, 5.41) is 3.40. The molecule has 1 aromatic heterocycles. The zero-order valence-electron chi connectivity index (χ0n) is 14.2. The van der Waals surface area contributed by atoms with Crippen molar-refractivity contribution in [1.82, 2.24) is 14.9 Å². The number of rotatable bonds is 5. The fourth-order valence-electron chi connectivity index (χ4n) is 2.96. The zero-order chi connectivity index (χ0) is 16.2. The molecule has 0 spiro atoms. The molecule has 0 saturated heterocycles. The lowest BCUT2D eigenvalue weighted by Crippen LogP contribution is -2.26. The fraction of sp³-hybridized carbons (Fsp3) is 0.444. The molecular formula is C18H25N5. The van der Waals surface area contributed by atoms with Gasteiger partial charge < -0.3 is 15.1 Å². The minimum Gasteiger partial charge on any atom is -0.369 e. The van der Waals surface area contributed by atoms with Crippen LogP contribution in [-0.4, -0.2) is 48.6 Å². The Morgan fingerprint density at radius 3 is 2.87 bits per heavy atom. The number of likely N-dealkylation sites (N-methyl/N-ethyl adjacent to an activating group) is 1. The van der Waals surface area contributed by atoms with Gasteiger partial charge in [0.2, 0.25) is 0 Å². The number of aryl methyl sites for hydroxylation is 2. The maximum atomic E-state index is 4.66. The molecule has 1 N–H and O–H groups in total. The van der Waals surface area contributed by atoms with Crippen LogP contribution in [0.2, 0.25) is 0 Å². The molecular weight excluding hydrogens is 286 g/mol. The Kier molecular flexibility index (Phi) is 4.76. The largest absolute Gasteiger partial charge is 0.369 e. The molecule has 0 aliphatic carbocycles. The lowest BCUT2D eigenvalue weighted by Gasteiger charge is -2.30. The van der Waals surface area contributed by atoms with Crippen molar-refractivity contribution < 1.29 is 0 Å². The molecule has 1 aliphatic rings. The highest BCUT2D eigenvalue weighted by Crippen LogP contribution is 2.32. The minimum absolute atomic E-state index is 0.804. The number of nitrogens with zero attached hydrogens (tertiary/aromatic N) is 4. The first-order valence-electron chi connectivity index (χ1n) is 8.23. The van der Waals surface area contributed by atoms with E-state index in [1.807, 2.05) is 6.92 Å². The number of hydrogen-bond donors (Lipinski definition) is 1. The fourth-order valence-corrected chi connectivity index (χ4v) is 2.96. The molecule has 2 heterocycles. The molecule has 5 nitrogen and oxygen atoms in total. The molecule has 0 fully saturated rings. The van der Waals surface area contributed by atoms with Crippen LogP contribution in [0.1, 0.15) is 17.8 Å². The standard InChI is InChI=1S/C18H25N5/c1-14-20-17(19-10-12-22(2)3)13-18(21-14)23-11-6-8-15-7-4-5-9-16(15)23/h4-5,7,9,13H,6,8,10-12H2,1-3H3,(H,19,20,21). The summed E-state index contributed by atoms with van der Waals surface area (Å²) in [6.45, 7) is 4.81. The van der Waals surface area contributed by atoms with E-state index in [0.717, 1.165) is 49.9 Å². The van der Waals surface area contributed by atoms with Crippen LogP contribution in [0.15, 0.2) is 30.3 Å². The normalized spacial score (nSPS) is 14.0. The van der Waals surface area contributed by atoms with Crippen LogP contribution in [0.5, 0.6) is 0 Å². The number of fused-ring (bicyclic) bond motifs is 1. The maximum Gasteiger partial charge on any atom is 0.138 e. The van der Waals surface area contributed by atoms with Crippen molar-refractivity contribution in [2.45, 2.75) is 19.8 Å². The van der Waals surface area contributed by atoms with Crippen LogP contribution in [0.4, 0.5) is 17.3 Å². The van der Waals surface area contributed by atoms with E-state index in [-0.39, 0.29) is 0 Å². The van der Waals surface area contributed by atoms with Gasteiger partial charge in [-0.3, -0.25) is 0 Å². The highest BCUT2D eigenvalue weighted by Gasteiger charge is 2.19. The molecule has 0 unspecified atom stereocenters. The molecule has 0 bridgehead atoms. The number of aromatic nitrogens is 2. The smallest absolute Gasteiger partial charge is 0.138 e. The summed E-state index contributed by atoms with van der Waals surface area (Å²) in [6.07, 6.45) is 2.30. The molecule has 0 saturated carbocycles. The van der Waals surface area contributed by atoms with Crippen molar-refractivity contribution in [2.75, 3.05) is 43.9 Å². The second kappa shape index (κ2) is 6.96. The average Bonchev–Trinajstić information content (AvgIpc) is 2.53. The first-order chi connectivity index (χ1) is 11.1. The average molecular weight is 311 g/mol. The van der Waals surface area contributed by atoms with E-state index in [4.69, 9.17) is 0 Å².